The lowest BCUT2D eigenvalue weighted by Gasteiger charge is -2.32. The van der Waals surface area contributed by atoms with Crippen LogP contribution in [-0.2, 0) is 23.4 Å². The highest BCUT2D eigenvalue weighted by Crippen LogP contribution is 2.39. The van der Waals surface area contributed by atoms with Gasteiger partial charge in [-0.3, -0.25) is 29.6 Å². The molecule has 0 radical (unpaired) electrons. The molecule has 0 bridgehead atoms. The van der Waals surface area contributed by atoms with Gasteiger partial charge in [-0.05, 0) is 91.6 Å². The van der Waals surface area contributed by atoms with E-state index < -0.39 is 9.85 Å². The van der Waals surface area contributed by atoms with Crippen LogP contribution in [0.5, 0.6) is 23.0 Å². The highest BCUT2D eigenvalue weighted by Gasteiger charge is 2.51. The topological polar surface area (TPSA) is 177 Å². The van der Waals surface area contributed by atoms with Crippen molar-refractivity contribution in [3.8, 4) is 34.3 Å². The summed E-state index contributed by atoms with van der Waals surface area (Å²) >= 11 is 3.25. The Morgan fingerprint density at radius 1 is 0.667 bits per heavy atom. The summed E-state index contributed by atoms with van der Waals surface area (Å²) in [5, 5.41) is 31.6. The standard InChI is InChI=1S/C15H11N3O4.C13H17BO4.C8H6BrN3O2/c1-17-12-4-3-10(18(19)20)7-11(12)15(16-17)9-2-5-13-14(6-9)22-8-21-13;1-12(2)13(3,4)18-14(17-12)9-5-6-10-11(7-9)16-8-15-10;1-11-7-3-2-5(12(13)14)4-6(7)8(9)10-11/h2-7H,8H2,1H3;5-7H,8H2,1-4H3;2-4H,1H3. The minimum absolute atomic E-state index is 0.0440. The Morgan fingerprint density at radius 2 is 1.17 bits per heavy atom. The van der Waals surface area contributed by atoms with Gasteiger partial charge in [-0.2, -0.15) is 10.2 Å². The van der Waals surface area contributed by atoms with E-state index in [1.165, 1.54) is 18.2 Å². The van der Waals surface area contributed by atoms with Crippen molar-refractivity contribution in [2.75, 3.05) is 13.6 Å². The fourth-order valence-corrected chi connectivity index (χ4v) is 6.54. The average molecular weight is 801 g/mol. The van der Waals surface area contributed by atoms with Gasteiger partial charge in [0.2, 0.25) is 13.6 Å². The molecule has 3 aliphatic heterocycles. The summed E-state index contributed by atoms with van der Waals surface area (Å²) in [5.41, 5.74) is 3.63. The van der Waals surface area contributed by atoms with Gasteiger partial charge in [0, 0.05) is 54.7 Å². The van der Waals surface area contributed by atoms with E-state index in [1.807, 2.05) is 71.1 Å². The molecule has 5 heterocycles. The van der Waals surface area contributed by atoms with Crippen LogP contribution in [0.25, 0.3) is 33.1 Å². The lowest BCUT2D eigenvalue weighted by Crippen LogP contribution is -2.41. The zero-order valence-electron chi connectivity index (χ0n) is 30.1. The maximum absolute atomic E-state index is 11.0. The number of aromatic nitrogens is 4. The second kappa shape index (κ2) is 13.9. The molecule has 0 saturated carbocycles. The predicted molar refractivity (Wildman–Crippen MR) is 202 cm³/mol. The first-order chi connectivity index (χ1) is 25.6. The van der Waals surface area contributed by atoms with Crippen LogP contribution in [0.2, 0.25) is 0 Å². The molecule has 6 aromatic rings. The summed E-state index contributed by atoms with van der Waals surface area (Å²) in [6, 6.07) is 20.7. The number of halogens is 1. The molecule has 4 aromatic carbocycles. The molecule has 0 N–H and O–H groups in total. The van der Waals surface area contributed by atoms with E-state index in [-0.39, 0.29) is 43.3 Å². The molecule has 18 heteroatoms. The number of ether oxygens (including phenoxy) is 4. The van der Waals surface area contributed by atoms with Crippen molar-refractivity contribution >= 4 is 61.7 Å². The van der Waals surface area contributed by atoms with Crippen molar-refractivity contribution in [1.29, 1.82) is 0 Å². The summed E-state index contributed by atoms with van der Waals surface area (Å²) < 4.78 is 37.3. The fourth-order valence-electron chi connectivity index (χ4n) is 5.99. The molecule has 0 atom stereocenters. The largest absolute Gasteiger partial charge is 0.494 e. The summed E-state index contributed by atoms with van der Waals surface area (Å²) in [6.45, 7) is 8.65. The minimum Gasteiger partial charge on any atom is -0.454 e. The number of nitro groups is 2. The SMILES string of the molecule is CC1(C)OB(c2ccc3c(c2)OCO3)OC1(C)C.Cn1nc(-c2ccc3c(c2)OCO3)c2cc([N+](=O)[O-])ccc21.Cn1nc(Br)c2cc([N+](=O)[O-])ccc21. The first kappa shape index (κ1) is 36.6. The fraction of sp³-hybridized carbons (Fsp3) is 0.278. The molecule has 1 saturated heterocycles. The molecule has 0 unspecified atom stereocenters. The molecule has 0 spiro atoms. The van der Waals surface area contributed by atoms with Gasteiger partial charge in [0.25, 0.3) is 11.4 Å². The van der Waals surface area contributed by atoms with E-state index in [0.29, 0.717) is 21.8 Å². The predicted octanol–water partition coefficient (Wildman–Crippen LogP) is 6.84. The minimum atomic E-state index is -0.418. The number of benzene rings is 4. The maximum Gasteiger partial charge on any atom is 0.494 e. The average Bonchev–Trinajstić information content (AvgIpc) is 3.96. The van der Waals surface area contributed by atoms with Gasteiger partial charge in [-0.25, -0.2) is 0 Å². The molecule has 2 aromatic heterocycles. The van der Waals surface area contributed by atoms with Crippen molar-refractivity contribution in [2.24, 2.45) is 14.1 Å². The Morgan fingerprint density at radius 3 is 1.76 bits per heavy atom. The molecule has 3 aliphatic rings. The second-order valence-corrected chi connectivity index (χ2v) is 14.3. The Balaban J connectivity index is 0.000000128. The van der Waals surface area contributed by atoms with Gasteiger partial charge in [0.15, 0.2) is 23.0 Å². The third kappa shape index (κ3) is 6.90. The van der Waals surface area contributed by atoms with Gasteiger partial charge < -0.3 is 28.3 Å². The molecular weight excluding hydrogens is 767 g/mol. The second-order valence-electron chi connectivity index (χ2n) is 13.6. The van der Waals surface area contributed by atoms with Gasteiger partial charge in [-0.15, -0.1) is 0 Å². The van der Waals surface area contributed by atoms with Crippen LogP contribution < -0.4 is 24.4 Å². The zero-order valence-corrected chi connectivity index (χ0v) is 31.6. The quantitative estimate of drug-likeness (QED) is 0.103. The van der Waals surface area contributed by atoms with Crippen molar-refractivity contribution in [1.82, 2.24) is 19.6 Å². The van der Waals surface area contributed by atoms with Crippen molar-refractivity contribution < 1.29 is 38.1 Å². The van der Waals surface area contributed by atoms with Gasteiger partial charge >= 0.3 is 7.12 Å². The van der Waals surface area contributed by atoms with Gasteiger partial charge in [0.1, 0.15) is 10.3 Å². The van der Waals surface area contributed by atoms with Crippen LogP contribution in [-0.4, -0.2) is 61.3 Å². The van der Waals surface area contributed by atoms with Crippen LogP contribution in [0, 0.1) is 20.2 Å². The summed E-state index contributed by atoms with van der Waals surface area (Å²) in [5.74, 6) is 2.87. The highest BCUT2D eigenvalue weighted by atomic mass is 79.9. The number of nitro benzene ring substituents is 2. The molecule has 9 rings (SSSR count). The molecule has 0 amide bonds. The van der Waals surface area contributed by atoms with Crippen LogP contribution >= 0.6 is 15.9 Å². The van der Waals surface area contributed by atoms with E-state index in [0.717, 1.165) is 44.3 Å². The van der Waals surface area contributed by atoms with E-state index in [1.54, 1.807) is 34.6 Å². The number of fused-ring (bicyclic) bond motifs is 4. The van der Waals surface area contributed by atoms with Crippen LogP contribution in [0.3, 0.4) is 0 Å². The van der Waals surface area contributed by atoms with Crippen LogP contribution in [0.15, 0.2) is 77.4 Å². The van der Waals surface area contributed by atoms with E-state index in [2.05, 4.69) is 26.1 Å². The number of aryl methyl sites for hydroxylation is 2. The third-order valence-corrected chi connectivity index (χ3v) is 10.2. The summed E-state index contributed by atoms with van der Waals surface area (Å²) in [7, 11) is 3.24. The number of hydrogen-bond acceptors (Lipinski definition) is 12. The van der Waals surface area contributed by atoms with Crippen LogP contribution in [0.4, 0.5) is 11.4 Å². The normalized spacial score (nSPS) is 15.8. The Bertz CT molecular complexity index is 2430. The number of rotatable bonds is 4. The van der Waals surface area contributed by atoms with Crippen molar-refractivity contribution in [3.05, 3.63) is 97.6 Å². The Labute approximate surface area is 317 Å². The molecule has 16 nitrogen and oxygen atoms in total. The smallest absolute Gasteiger partial charge is 0.454 e. The highest BCUT2D eigenvalue weighted by molar-refractivity contribution is 9.10. The van der Waals surface area contributed by atoms with Crippen molar-refractivity contribution in [3.63, 3.8) is 0 Å². The van der Waals surface area contributed by atoms with Gasteiger partial charge in [-0.1, -0.05) is 6.07 Å². The van der Waals surface area contributed by atoms with E-state index in [9.17, 15) is 20.2 Å². The lowest BCUT2D eigenvalue weighted by molar-refractivity contribution is -0.384. The Kier molecular flexibility index (Phi) is 9.45. The van der Waals surface area contributed by atoms with Crippen LogP contribution in [0.1, 0.15) is 27.7 Å². The zero-order chi connectivity index (χ0) is 38.5. The monoisotopic (exact) mass is 800 g/mol. The first-order valence-electron chi connectivity index (χ1n) is 16.6. The lowest BCUT2D eigenvalue weighted by atomic mass is 9.79. The van der Waals surface area contributed by atoms with Crippen molar-refractivity contribution in [2.45, 2.75) is 38.9 Å². The number of non-ortho nitro benzene ring substituents is 2. The van der Waals surface area contributed by atoms with Gasteiger partial charge in [0.05, 0.1) is 32.1 Å². The molecule has 0 aliphatic carbocycles. The first-order valence-corrected chi connectivity index (χ1v) is 17.4. The summed E-state index contributed by atoms with van der Waals surface area (Å²) in [6.07, 6.45) is 0. The van der Waals surface area contributed by atoms with E-state index in [4.69, 9.17) is 28.3 Å². The molecule has 1 fully saturated rings. The van der Waals surface area contributed by atoms with E-state index >= 15 is 0 Å². The molecular formula is C36H34BBrN6O10. The number of nitrogens with zero attached hydrogens (tertiary/aromatic N) is 6. The maximum atomic E-state index is 11.0. The summed E-state index contributed by atoms with van der Waals surface area (Å²) in [4.78, 5) is 20.7. The Hall–Kier alpha value is -5.72. The molecule has 278 valence electrons. The number of hydrogen-bond donors (Lipinski definition) is 0. The molecule has 54 heavy (non-hydrogen) atoms. The third-order valence-electron chi connectivity index (χ3n) is 9.61.